The summed E-state index contributed by atoms with van der Waals surface area (Å²) in [7, 11) is 0. The molecule has 0 aliphatic carbocycles. The van der Waals surface area contributed by atoms with Gasteiger partial charge in [-0.1, -0.05) is 51.1 Å². The van der Waals surface area contributed by atoms with E-state index in [0.29, 0.717) is 51.5 Å². The van der Waals surface area contributed by atoms with Crippen LogP contribution >= 0.6 is 0 Å². The summed E-state index contributed by atoms with van der Waals surface area (Å²) in [6.07, 6.45) is 1.45. The molecule has 33 heavy (non-hydrogen) atoms. The van der Waals surface area contributed by atoms with Crippen molar-refractivity contribution in [2.45, 2.75) is 59.5 Å². The van der Waals surface area contributed by atoms with E-state index in [1.807, 2.05) is 56.3 Å². The number of hydrogen-bond acceptors (Lipinski definition) is 4. The van der Waals surface area contributed by atoms with Crippen LogP contribution in [0.4, 0.5) is 0 Å². The van der Waals surface area contributed by atoms with Gasteiger partial charge in [0.25, 0.3) is 0 Å². The molecule has 0 saturated carbocycles. The number of hydrogen-bond donors (Lipinski definition) is 1. The molecule has 0 radical (unpaired) electrons. The topological polar surface area (TPSA) is 67.9 Å². The number of amides is 2. The molecular formula is C27H36N2O4. The van der Waals surface area contributed by atoms with E-state index in [-0.39, 0.29) is 11.8 Å². The SMILES string of the molecule is CCC(C(=O)NCC(C)C)N(Cc1ccccc1C)C(=O)CCc1ccc2c(c1)OCCO2. The third-order valence-corrected chi connectivity index (χ3v) is 5.91. The first-order valence-electron chi connectivity index (χ1n) is 11.9. The molecular weight excluding hydrogens is 416 g/mol. The second kappa shape index (κ2) is 11.7. The van der Waals surface area contributed by atoms with E-state index in [2.05, 4.69) is 19.2 Å². The number of rotatable bonds is 10. The number of ether oxygens (including phenoxy) is 2. The van der Waals surface area contributed by atoms with Crippen LogP contribution in [-0.2, 0) is 22.6 Å². The highest BCUT2D eigenvalue weighted by Gasteiger charge is 2.28. The fourth-order valence-electron chi connectivity index (χ4n) is 3.95. The minimum atomic E-state index is -0.504. The standard InChI is InChI=1S/C27H36N2O4/c1-5-23(27(31)28-17-19(2)3)29(18-22-9-7-6-8-20(22)4)26(30)13-11-21-10-12-24-25(16-21)33-15-14-32-24/h6-10,12,16,19,23H,5,11,13-15,17-18H2,1-4H3,(H,28,31). The molecule has 2 aromatic carbocycles. The number of nitrogens with zero attached hydrogens (tertiary/aromatic N) is 1. The van der Waals surface area contributed by atoms with Crippen molar-refractivity contribution in [3.8, 4) is 11.5 Å². The highest BCUT2D eigenvalue weighted by atomic mass is 16.6. The summed E-state index contributed by atoms with van der Waals surface area (Å²) in [5, 5.41) is 3.01. The van der Waals surface area contributed by atoms with Crippen LogP contribution < -0.4 is 14.8 Å². The van der Waals surface area contributed by atoms with Gasteiger partial charge < -0.3 is 19.7 Å². The minimum Gasteiger partial charge on any atom is -0.486 e. The fraction of sp³-hybridized carbons (Fsp3) is 0.481. The van der Waals surface area contributed by atoms with E-state index in [9.17, 15) is 9.59 Å². The number of fused-ring (bicyclic) bond motifs is 1. The third kappa shape index (κ3) is 6.73. The molecule has 1 unspecified atom stereocenters. The van der Waals surface area contributed by atoms with Gasteiger partial charge in [-0.3, -0.25) is 9.59 Å². The van der Waals surface area contributed by atoms with E-state index < -0.39 is 6.04 Å². The zero-order valence-corrected chi connectivity index (χ0v) is 20.2. The zero-order valence-electron chi connectivity index (χ0n) is 20.2. The highest BCUT2D eigenvalue weighted by molar-refractivity contribution is 5.87. The third-order valence-electron chi connectivity index (χ3n) is 5.91. The molecule has 1 aliphatic rings. The monoisotopic (exact) mass is 452 g/mol. The molecule has 2 amide bonds. The average Bonchev–Trinajstić information content (AvgIpc) is 2.82. The highest BCUT2D eigenvalue weighted by Crippen LogP contribution is 2.31. The van der Waals surface area contributed by atoms with Crippen molar-refractivity contribution in [2.75, 3.05) is 19.8 Å². The van der Waals surface area contributed by atoms with E-state index in [4.69, 9.17) is 9.47 Å². The van der Waals surface area contributed by atoms with Gasteiger partial charge in [0.05, 0.1) is 0 Å². The van der Waals surface area contributed by atoms with Crippen LogP contribution in [0.5, 0.6) is 11.5 Å². The first-order chi connectivity index (χ1) is 15.9. The number of benzene rings is 2. The smallest absolute Gasteiger partial charge is 0.242 e. The lowest BCUT2D eigenvalue weighted by Crippen LogP contribution is -2.49. The number of aryl methyl sites for hydroxylation is 2. The number of nitrogens with one attached hydrogen (secondary N) is 1. The largest absolute Gasteiger partial charge is 0.486 e. The van der Waals surface area contributed by atoms with Crippen LogP contribution in [0.1, 0.15) is 50.3 Å². The lowest BCUT2D eigenvalue weighted by molar-refractivity contribution is -0.141. The quantitative estimate of drug-likeness (QED) is 0.584. The molecule has 1 N–H and O–H groups in total. The Labute approximate surface area is 197 Å². The Bertz CT molecular complexity index is 957. The van der Waals surface area contributed by atoms with Crippen molar-refractivity contribution in [1.82, 2.24) is 10.2 Å². The molecule has 2 aromatic rings. The van der Waals surface area contributed by atoms with Gasteiger partial charge in [-0.2, -0.15) is 0 Å². The molecule has 178 valence electrons. The molecule has 0 bridgehead atoms. The Hall–Kier alpha value is -3.02. The maximum absolute atomic E-state index is 13.5. The van der Waals surface area contributed by atoms with Gasteiger partial charge in [0.2, 0.25) is 11.8 Å². The Morgan fingerprint density at radius 2 is 1.79 bits per heavy atom. The summed E-state index contributed by atoms with van der Waals surface area (Å²) in [6.45, 7) is 10.2. The second-order valence-corrected chi connectivity index (χ2v) is 8.99. The van der Waals surface area contributed by atoms with Gasteiger partial charge in [-0.25, -0.2) is 0 Å². The van der Waals surface area contributed by atoms with Gasteiger partial charge in [-0.15, -0.1) is 0 Å². The van der Waals surface area contributed by atoms with E-state index in [1.54, 1.807) is 4.90 Å². The minimum absolute atomic E-state index is 0.0281. The van der Waals surface area contributed by atoms with Crippen molar-refractivity contribution >= 4 is 11.8 Å². The summed E-state index contributed by atoms with van der Waals surface area (Å²) in [5.74, 6) is 1.70. The van der Waals surface area contributed by atoms with Crippen molar-refractivity contribution in [3.63, 3.8) is 0 Å². The summed E-state index contributed by atoms with van der Waals surface area (Å²) in [5.41, 5.74) is 3.18. The Kier molecular flexibility index (Phi) is 8.75. The van der Waals surface area contributed by atoms with Crippen LogP contribution in [-0.4, -0.2) is 42.5 Å². The predicted molar refractivity (Wildman–Crippen MR) is 129 cm³/mol. The summed E-state index contributed by atoms with van der Waals surface area (Å²) in [6, 6.07) is 13.3. The Morgan fingerprint density at radius 1 is 1.06 bits per heavy atom. The number of carbonyl (C=O) groups excluding carboxylic acids is 2. The van der Waals surface area contributed by atoms with Gasteiger partial charge in [0.1, 0.15) is 19.3 Å². The van der Waals surface area contributed by atoms with Crippen LogP contribution in [0, 0.1) is 12.8 Å². The Morgan fingerprint density at radius 3 is 2.48 bits per heavy atom. The fourth-order valence-corrected chi connectivity index (χ4v) is 3.95. The van der Waals surface area contributed by atoms with Crippen LogP contribution in [0.25, 0.3) is 0 Å². The lowest BCUT2D eigenvalue weighted by Gasteiger charge is -2.31. The van der Waals surface area contributed by atoms with Crippen LogP contribution in [0.3, 0.4) is 0 Å². The van der Waals surface area contributed by atoms with E-state index in [1.165, 1.54) is 0 Å². The molecule has 3 rings (SSSR count). The molecule has 0 spiro atoms. The molecule has 0 aromatic heterocycles. The van der Waals surface area contributed by atoms with Crippen molar-refractivity contribution < 1.29 is 19.1 Å². The average molecular weight is 453 g/mol. The molecule has 1 heterocycles. The lowest BCUT2D eigenvalue weighted by atomic mass is 10.0. The van der Waals surface area contributed by atoms with Crippen LogP contribution in [0.15, 0.2) is 42.5 Å². The van der Waals surface area contributed by atoms with Crippen molar-refractivity contribution in [2.24, 2.45) is 5.92 Å². The molecule has 0 fully saturated rings. The zero-order chi connectivity index (χ0) is 23.8. The van der Waals surface area contributed by atoms with E-state index in [0.717, 1.165) is 28.2 Å². The van der Waals surface area contributed by atoms with Crippen molar-refractivity contribution in [1.29, 1.82) is 0 Å². The maximum atomic E-state index is 13.5. The predicted octanol–water partition coefficient (Wildman–Crippen LogP) is 4.28. The van der Waals surface area contributed by atoms with Gasteiger partial charge in [0.15, 0.2) is 11.5 Å². The van der Waals surface area contributed by atoms with Gasteiger partial charge in [0, 0.05) is 19.5 Å². The Balaban J connectivity index is 1.76. The first kappa shape index (κ1) is 24.6. The second-order valence-electron chi connectivity index (χ2n) is 8.99. The molecule has 6 heteroatoms. The summed E-state index contributed by atoms with van der Waals surface area (Å²) < 4.78 is 11.3. The normalized spacial score (nSPS) is 13.5. The molecule has 6 nitrogen and oxygen atoms in total. The van der Waals surface area contributed by atoms with E-state index >= 15 is 0 Å². The maximum Gasteiger partial charge on any atom is 0.242 e. The molecule has 0 saturated heterocycles. The summed E-state index contributed by atoms with van der Waals surface area (Å²) in [4.78, 5) is 28.2. The first-order valence-corrected chi connectivity index (χ1v) is 11.9. The summed E-state index contributed by atoms with van der Waals surface area (Å²) >= 11 is 0. The molecule has 1 aliphatic heterocycles. The van der Waals surface area contributed by atoms with Gasteiger partial charge >= 0.3 is 0 Å². The molecule has 1 atom stereocenters. The van der Waals surface area contributed by atoms with Crippen molar-refractivity contribution in [3.05, 3.63) is 59.2 Å². The van der Waals surface area contributed by atoms with Crippen LogP contribution in [0.2, 0.25) is 0 Å². The number of carbonyl (C=O) groups is 2. The van der Waals surface area contributed by atoms with Gasteiger partial charge in [-0.05, 0) is 54.5 Å².